The fourth-order valence-electron chi connectivity index (χ4n) is 2.72. The van der Waals surface area contributed by atoms with E-state index < -0.39 is 0 Å². The third-order valence-electron chi connectivity index (χ3n) is 4.05. The van der Waals surface area contributed by atoms with Gasteiger partial charge in [-0.2, -0.15) is 0 Å². The summed E-state index contributed by atoms with van der Waals surface area (Å²) in [5, 5.41) is 3.63. The number of benzene rings is 1. The quantitative estimate of drug-likeness (QED) is 0.866. The Morgan fingerprint density at radius 1 is 1.29 bits per heavy atom. The molecule has 94 valence electrons. The van der Waals surface area contributed by atoms with Crippen LogP contribution in [-0.2, 0) is 15.9 Å². The van der Waals surface area contributed by atoms with Gasteiger partial charge in [0, 0.05) is 12.6 Å². The molecule has 0 aromatic heterocycles. The molecule has 1 aromatic rings. The SMILES string of the molecule is COC(C)(C)c1ccccc1C1(C)CCCN1. The largest absolute Gasteiger partial charge is 0.374 e. The summed E-state index contributed by atoms with van der Waals surface area (Å²) in [5.41, 5.74) is 2.54. The van der Waals surface area contributed by atoms with Gasteiger partial charge >= 0.3 is 0 Å². The van der Waals surface area contributed by atoms with Crippen molar-refractivity contribution in [3.63, 3.8) is 0 Å². The fraction of sp³-hybridized carbons (Fsp3) is 0.600. The molecule has 0 amide bonds. The number of nitrogens with one attached hydrogen (secondary N) is 1. The topological polar surface area (TPSA) is 21.3 Å². The molecule has 2 nitrogen and oxygen atoms in total. The van der Waals surface area contributed by atoms with Gasteiger partial charge in [0.2, 0.25) is 0 Å². The molecule has 0 radical (unpaired) electrons. The lowest BCUT2D eigenvalue weighted by molar-refractivity contribution is 0.0174. The van der Waals surface area contributed by atoms with Crippen LogP contribution in [0.5, 0.6) is 0 Å². The van der Waals surface area contributed by atoms with E-state index in [1.54, 1.807) is 7.11 Å². The fourth-order valence-corrected chi connectivity index (χ4v) is 2.72. The van der Waals surface area contributed by atoms with Crippen molar-refractivity contribution in [1.29, 1.82) is 0 Å². The lowest BCUT2D eigenvalue weighted by Crippen LogP contribution is -2.36. The van der Waals surface area contributed by atoms with Crippen LogP contribution < -0.4 is 5.32 Å². The lowest BCUT2D eigenvalue weighted by Gasteiger charge is -2.33. The van der Waals surface area contributed by atoms with Gasteiger partial charge in [-0.15, -0.1) is 0 Å². The van der Waals surface area contributed by atoms with Crippen molar-refractivity contribution in [3.8, 4) is 0 Å². The van der Waals surface area contributed by atoms with E-state index >= 15 is 0 Å². The number of methoxy groups -OCH3 is 1. The second kappa shape index (κ2) is 4.43. The molecule has 1 atom stereocenters. The van der Waals surface area contributed by atoms with Gasteiger partial charge in [-0.3, -0.25) is 0 Å². The zero-order valence-electron chi connectivity index (χ0n) is 11.3. The Bertz CT molecular complexity index is 392. The predicted molar refractivity (Wildman–Crippen MR) is 71.1 cm³/mol. The summed E-state index contributed by atoms with van der Waals surface area (Å²) in [6, 6.07) is 8.63. The van der Waals surface area contributed by atoms with E-state index in [4.69, 9.17) is 4.74 Å². The van der Waals surface area contributed by atoms with E-state index in [9.17, 15) is 0 Å². The first-order chi connectivity index (χ1) is 7.99. The minimum Gasteiger partial charge on any atom is -0.374 e. The first kappa shape index (κ1) is 12.6. The first-order valence-electron chi connectivity index (χ1n) is 6.40. The summed E-state index contributed by atoms with van der Waals surface area (Å²) < 4.78 is 5.64. The van der Waals surface area contributed by atoms with E-state index in [1.807, 2.05) is 0 Å². The van der Waals surface area contributed by atoms with Gasteiger partial charge in [-0.1, -0.05) is 24.3 Å². The number of rotatable bonds is 3. The second-order valence-corrected chi connectivity index (χ2v) is 5.62. The molecule has 1 N–H and O–H groups in total. The van der Waals surface area contributed by atoms with Gasteiger partial charge in [0.15, 0.2) is 0 Å². The van der Waals surface area contributed by atoms with E-state index in [1.165, 1.54) is 24.0 Å². The average Bonchev–Trinajstić information content (AvgIpc) is 2.77. The maximum Gasteiger partial charge on any atom is 0.0874 e. The number of hydrogen-bond donors (Lipinski definition) is 1. The molecular weight excluding hydrogens is 210 g/mol. The third kappa shape index (κ3) is 2.24. The summed E-state index contributed by atoms with van der Waals surface area (Å²) in [6.45, 7) is 7.66. The molecule has 0 aliphatic carbocycles. The molecule has 1 heterocycles. The van der Waals surface area contributed by atoms with E-state index in [0.29, 0.717) is 0 Å². The molecule has 0 spiro atoms. The summed E-state index contributed by atoms with van der Waals surface area (Å²) in [6.07, 6.45) is 2.45. The Morgan fingerprint density at radius 3 is 2.59 bits per heavy atom. The van der Waals surface area contributed by atoms with Crippen LogP contribution in [0.3, 0.4) is 0 Å². The minimum atomic E-state index is -0.232. The Morgan fingerprint density at radius 2 is 2.00 bits per heavy atom. The van der Waals surface area contributed by atoms with Crippen LogP contribution in [0.25, 0.3) is 0 Å². The molecule has 0 bridgehead atoms. The van der Waals surface area contributed by atoms with Gasteiger partial charge in [-0.05, 0) is 51.3 Å². The van der Waals surface area contributed by atoms with Crippen LogP contribution in [0, 0.1) is 0 Å². The van der Waals surface area contributed by atoms with Crippen molar-refractivity contribution < 1.29 is 4.74 Å². The maximum atomic E-state index is 5.64. The zero-order chi connectivity index (χ0) is 12.5. The van der Waals surface area contributed by atoms with E-state index in [-0.39, 0.29) is 11.1 Å². The van der Waals surface area contributed by atoms with Crippen LogP contribution in [0.4, 0.5) is 0 Å². The summed E-state index contributed by atoms with van der Waals surface area (Å²) in [7, 11) is 1.78. The maximum absolute atomic E-state index is 5.64. The number of ether oxygens (including phenoxy) is 1. The highest BCUT2D eigenvalue weighted by molar-refractivity contribution is 5.37. The molecular formula is C15H23NO. The summed E-state index contributed by atoms with van der Waals surface area (Å²) in [5.74, 6) is 0. The normalized spacial score (nSPS) is 25.2. The van der Waals surface area contributed by atoms with E-state index in [0.717, 1.165) is 6.54 Å². The molecule has 1 aliphatic heterocycles. The molecule has 0 saturated carbocycles. The second-order valence-electron chi connectivity index (χ2n) is 5.62. The molecule has 1 aliphatic rings. The third-order valence-corrected chi connectivity index (χ3v) is 4.05. The molecule has 1 aromatic carbocycles. The molecule has 2 rings (SSSR count). The summed E-state index contributed by atoms with van der Waals surface area (Å²) >= 11 is 0. The van der Waals surface area contributed by atoms with Crippen molar-refractivity contribution in [3.05, 3.63) is 35.4 Å². The van der Waals surface area contributed by atoms with Gasteiger partial charge in [0.1, 0.15) is 0 Å². The van der Waals surface area contributed by atoms with Crippen molar-refractivity contribution in [2.75, 3.05) is 13.7 Å². The molecule has 1 fully saturated rings. The highest BCUT2D eigenvalue weighted by Crippen LogP contribution is 2.37. The van der Waals surface area contributed by atoms with Gasteiger partial charge in [0.25, 0.3) is 0 Å². The first-order valence-corrected chi connectivity index (χ1v) is 6.40. The Kier molecular flexibility index (Phi) is 3.28. The van der Waals surface area contributed by atoms with Crippen LogP contribution >= 0.6 is 0 Å². The molecule has 1 saturated heterocycles. The highest BCUT2D eigenvalue weighted by atomic mass is 16.5. The van der Waals surface area contributed by atoms with Gasteiger partial charge in [0.05, 0.1) is 5.60 Å². The lowest BCUT2D eigenvalue weighted by atomic mass is 9.82. The number of hydrogen-bond acceptors (Lipinski definition) is 2. The Labute approximate surface area is 104 Å². The smallest absolute Gasteiger partial charge is 0.0874 e. The van der Waals surface area contributed by atoms with E-state index in [2.05, 4.69) is 50.4 Å². The van der Waals surface area contributed by atoms with Crippen LogP contribution in [0.15, 0.2) is 24.3 Å². The Hall–Kier alpha value is -0.860. The van der Waals surface area contributed by atoms with Crippen LogP contribution in [0.1, 0.15) is 44.7 Å². The van der Waals surface area contributed by atoms with Crippen molar-refractivity contribution in [1.82, 2.24) is 5.32 Å². The average molecular weight is 233 g/mol. The molecule has 1 unspecified atom stereocenters. The molecule has 17 heavy (non-hydrogen) atoms. The van der Waals surface area contributed by atoms with Gasteiger partial charge in [-0.25, -0.2) is 0 Å². The standard InChI is InChI=1S/C15H23NO/c1-14(2,17-4)12-8-5-6-9-13(12)15(3)10-7-11-16-15/h5-6,8-9,16H,7,10-11H2,1-4H3. The minimum absolute atomic E-state index is 0.104. The van der Waals surface area contributed by atoms with Crippen molar-refractivity contribution in [2.24, 2.45) is 0 Å². The van der Waals surface area contributed by atoms with Crippen molar-refractivity contribution in [2.45, 2.75) is 44.8 Å². The molecule has 2 heteroatoms. The van der Waals surface area contributed by atoms with Crippen LogP contribution in [0.2, 0.25) is 0 Å². The van der Waals surface area contributed by atoms with Gasteiger partial charge < -0.3 is 10.1 Å². The predicted octanol–water partition coefficient (Wildman–Crippen LogP) is 3.17. The summed E-state index contributed by atoms with van der Waals surface area (Å²) in [4.78, 5) is 0. The Balaban J connectivity index is 2.47. The zero-order valence-corrected chi connectivity index (χ0v) is 11.3. The van der Waals surface area contributed by atoms with Crippen molar-refractivity contribution >= 4 is 0 Å². The van der Waals surface area contributed by atoms with Crippen LogP contribution in [-0.4, -0.2) is 13.7 Å². The monoisotopic (exact) mass is 233 g/mol. The highest BCUT2D eigenvalue weighted by Gasteiger charge is 2.35.